The third kappa shape index (κ3) is 5.70. The van der Waals surface area contributed by atoms with E-state index in [2.05, 4.69) is 15.3 Å². The van der Waals surface area contributed by atoms with E-state index in [-0.39, 0.29) is 36.9 Å². The molecule has 0 saturated heterocycles. The molecule has 188 valence electrons. The van der Waals surface area contributed by atoms with Gasteiger partial charge in [-0.25, -0.2) is 23.3 Å². The van der Waals surface area contributed by atoms with Gasteiger partial charge >= 0.3 is 23.4 Å². The van der Waals surface area contributed by atoms with E-state index in [9.17, 15) is 18.8 Å². The Morgan fingerprint density at radius 1 is 1.19 bits per heavy atom. The van der Waals surface area contributed by atoms with Gasteiger partial charge in [0, 0.05) is 18.3 Å². The highest BCUT2D eigenvalue weighted by Crippen LogP contribution is 2.27. The summed E-state index contributed by atoms with van der Waals surface area (Å²) in [5.74, 6) is -2.64. The number of nitrogens with one attached hydrogen (secondary N) is 1. The van der Waals surface area contributed by atoms with Crippen molar-refractivity contribution in [2.45, 2.75) is 26.4 Å². The number of aryl methyl sites for hydroxylation is 1. The molecule has 0 spiro atoms. The number of benzene rings is 2. The van der Waals surface area contributed by atoms with Crippen LogP contribution in [0.25, 0.3) is 0 Å². The lowest BCUT2D eigenvalue weighted by atomic mass is 10.1. The second-order valence-electron chi connectivity index (χ2n) is 7.81. The minimum absolute atomic E-state index is 0.0563. The third-order valence-electron chi connectivity index (χ3n) is 5.15. The van der Waals surface area contributed by atoms with Crippen molar-refractivity contribution in [3.05, 3.63) is 92.3 Å². The van der Waals surface area contributed by atoms with Gasteiger partial charge in [0.05, 0.1) is 19.0 Å². The number of hydrogen-bond donors (Lipinski definition) is 2. The first-order valence-electron chi connectivity index (χ1n) is 10.8. The van der Waals surface area contributed by atoms with Crippen LogP contribution in [0.3, 0.4) is 0 Å². The van der Waals surface area contributed by atoms with E-state index < -0.39 is 34.9 Å². The van der Waals surface area contributed by atoms with Gasteiger partial charge in [-0.3, -0.25) is 4.57 Å². The highest BCUT2D eigenvalue weighted by atomic mass is 19.1. The Morgan fingerprint density at radius 2 is 1.95 bits per heavy atom. The van der Waals surface area contributed by atoms with Gasteiger partial charge in [-0.15, -0.1) is 0 Å². The van der Waals surface area contributed by atoms with Crippen molar-refractivity contribution in [2.24, 2.45) is 0 Å². The molecule has 0 aliphatic heterocycles. The fraction of sp³-hybridized carbons (Fsp3) is 0.167. The molecule has 12 nitrogen and oxygen atoms in total. The molecule has 0 atom stereocenters. The van der Waals surface area contributed by atoms with E-state index in [1.54, 1.807) is 0 Å². The van der Waals surface area contributed by atoms with E-state index in [1.165, 1.54) is 16.7 Å². The van der Waals surface area contributed by atoms with E-state index in [0.29, 0.717) is 0 Å². The maximum atomic E-state index is 14.7. The molecule has 0 fully saturated rings. The monoisotopic (exact) mass is 506 g/mol. The van der Waals surface area contributed by atoms with Crippen LogP contribution in [0.4, 0.5) is 16.0 Å². The van der Waals surface area contributed by atoms with Crippen LogP contribution in [0.1, 0.15) is 28.0 Å². The second-order valence-corrected chi connectivity index (χ2v) is 7.81. The first-order valence-corrected chi connectivity index (χ1v) is 10.8. The molecule has 0 aliphatic rings. The van der Waals surface area contributed by atoms with Crippen LogP contribution in [-0.2, 0) is 13.1 Å². The fourth-order valence-corrected chi connectivity index (χ4v) is 3.28. The van der Waals surface area contributed by atoms with Crippen molar-refractivity contribution < 1.29 is 23.4 Å². The Labute approximate surface area is 207 Å². The molecule has 0 radical (unpaired) electrons. The fourth-order valence-electron chi connectivity index (χ4n) is 3.28. The summed E-state index contributed by atoms with van der Waals surface area (Å²) in [7, 11) is 0. The summed E-state index contributed by atoms with van der Waals surface area (Å²) in [6, 6.07) is 12.9. The number of aromatic nitrogens is 4. The number of nitriles is 1. The molecule has 2 heterocycles. The summed E-state index contributed by atoms with van der Waals surface area (Å²) in [5.41, 5.74) is -0.0331. The van der Waals surface area contributed by atoms with Crippen LogP contribution in [-0.4, -0.2) is 30.2 Å². The van der Waals surface area contributed by atoms with Gasteiger partial charge in [-0.2, -0.15) is 15.2 Å². The van der Waals surface area contributed by atoms with Gasteiger partial charge in [-0.1, -0.05) is 29.8 Å². The van der Waals surface area contributed by atoms with Crippen LogP contribution >= 0.6 is 0 Å². The summed E-state index contributed by atoms with van der Waals surface area (Å²) >= 11 is 0. The molecular formula is C24H19FN6O6. The quantitative estimate of drug-likeness (QED) is 0.344. The number of carboxylic acids is 1. The normalized spacial score (nSPS) is 10.6. The maximum absolute atomic E-state index is 14.7. The number of ether oxygens (including phenoxy) is 1. The number of aromatic carboxylic acids is 1. The summed E-state index contributed by atoms with van der Waals surface area (Å²) in [5, 5.41) is 20.5. The van der Waals surface area contributed by atoms with Crippen LogP contribution in [0.2, 0.25) is 0 Å². The van der Waals surface area contributed by atoms with Crippen molar-refractivity contribution in [1.82, 2.24) is 19.1 Å². The molecule has 0 bridgehead atoms. The van der Waals surface area contributed by atoms with Crippen LogP contribution in [0, 0.1) is 24.1 Å². The van der Waals surface area contributed by atoms with Gasteiger partial charge in [0.2, 0.25) is 5.95 Å². The van der Waals surface area contributed by atoms with E-state index in [4.69, 9.17) is 19.5 Å². The van der Waals surface area contributed by atoms with Gasteiger partial charge in [0.1, 0.15) is 6.26 Å². The first kappa shape index (κ1) is 24.9. The highest BCUT2D eigenvalue weighted by Gasteiger charge is 2.17. The average Bonchev–Trinajstić information content (AvgIpc) is 3.33. The van der Waals surface area contributed by atoms with Crippen molar-refractivity contribution in [3.63, 3.8) is 0 Å². The number of carbonyl (C=O) groups is 1. The first-order chi connectivity index (χ1) is 17.7. The lowest BCUT2D eigenvalue weighted by Gasteiger charge is -2.16. The Hall–Kier alpha value is -5.25. The predicted octanol–water partition coefficient (Wildman–Crippen LogP) is 3.04. The molecule has 0 amide bonds. The zero-order chi connectivity index (χ0) is 26.5. The SMILES string of the molecule is Cc1ccc(Cn2c(Nc3ccc(Oc4nc(C(=O)O)co4)c(F)c3)nc(=O)n(CCC#N)c2=O)cc1. The largest absolute Gasteiger partial charge is 0.476 e. The third-order valence-corrected chi connectivity index (χ3v) is 5.15. The molecule has 2 aromatic heterocycles. The standard InChI is InChI=1S/C24H19FN6O6/c1-14-3-5-15(6-4-14)12-31-21(29-22(34)30(24(31)35)10-2-9-26)27-16-7-8-19(17(25)11-16)37-23-28-18(13-36-23)20(32)33/h3-8,11,13H,2,10,12H2,1H3,(H,32,33)(H,27,29,34). The van der Waals surface area contributed by atoms with Crippen LogP contribution < -0.4 is 21.4 Å². The van der Waals surface area contributed by atoms with Crippen molar-refractivity contribution in [2.75, 3.05) is 5.32 Å². The summed E-state index contributed by atoms with van der Waals surface area (Å²) in [4.78, 5) is 44.1. The molecule has 2 aromatic carbocycles. The molecule has 0 aliphatic carbocycles. The van der Waals surface area contributed by atoms with E-state index in [1.807, 2.05) is 37.3 Å². The number of hydrogen-bond acceptors (Lipinski definition) is 9. The summed E-state index contributed by atoms with van der Waals surface area (Å²) in [6.45, 7) is 1.85. The number of halogens is 1. The number of nitrogens with zero attached hydrogens (tertiary/aromatic N) is 5. The van der Waals surface area contributed by atoms with Gasteiger partial charge in [0.25, 0.3) is 0 Å². The van der Waals surface area contributed by atoms with Crippen molar-refractivity contribution >= 4 is 17.6 Å². The zero-order valence-corrected chi connectivity index (χ0v) is 19.3. The molecule has 0 unspecified atom stereocenters. The van der Waals surface area contributed by atoms with E-state index in [0.717, 1.165) is 28.0 Å². The maximum Gasteiger partial charge on any atom is 0.400 e. The van der Waals surface area contributed by atoms with Crippen LogP contribution in [0.15, 0.2) is 62.7 Å². The topological polar surface area (TPSA) is 165 Å². The van der Waals surface area contributed by atoms with Crippen molar-refractivity contribution in [3.8, 4) is 17.9 Å². The number of rotatable bonds is 9. The van der Waals surface area contributed by atoms with Gasteiger partial charge in [-0.05, 0) is 24.6 Å². The minimum Gasteiger partial charge on any atom is -0.476 e. The smallest absolute Gasteiger partial charge is 0.400 e. The van der Waals surface area contributed by atoms with Crippen LogP contribution in [0.5, 0.6) is 11.8 Å². The van der Waals surface area contributed by atoms with Crippen molar-refractivity contribution in [1.29, 1.82) is 5.26 Å². The molecular weight excluding hydrogens is 487 g/mol. The predicted molar refractivity (Wildman–Crippen MR) is 126 cm³/mol. The molecule has 2 N–H and O–H groups in total. The molecule has 37 heavy (non-hydrogen) atoms. The molecule has 4 rings (SSSR count). The molecule has 4 aromatic rings. The van der Waals surface area contributed by atoms with E-state index >= 15 is 0 Å². The Bertz CT molecular complexity index is 1620. The summed E-state index contributed by atoms with van der Waals surface area (Å²) in [6.07, 6.45) is 0.328. The number of anilines is 2. The Morgan fingerprint density at radius 3 is 2.59 bits per heavy atom. The molecule has 0 saturated carbocycles. The lowest BCUT2D eigenvalue weighted by Crippen LogP contribution is -2.42. The summed E-state index contributed by atoms with van der Waals surface area (Å²) < 4.78 is 26.8. The number of carboxylic acid groups (broad SMARTS) is 1. The highest BCUT2D eigenvalue weighted by molar-refractivity contribution is 5.84. The zero-order valence-electron chi connectivity index (χ0n) is 19.3. The molecule has 13 heteroatoms. The van der Waals surface area contributed by atoms with Gasteiger partial charge < -0.3 is 19.6 Å². The minimum atomic E-state index is -1.34. The Kier molecular flexibility index (Phi) is 7.10. The average molecular weight is 506 g/mol. The Balaban J connectivity index is 1.65. The lowest BCUT2D eigenvalue weighted by molar-refractivity contribution is 0.0690. The van der Waals surface area contributed by atoms with Gasteiger partial charge in [0.15, 0.2) is 17.3 Å². The number of oxazole rings is 1. The second kappa shape index (κ2) is 10.6.